The highest BCUT2D eigenvalue weighted by molar-refractivity contribution is 7.99. The van der Waals surface area contributed by atoms with E-state index in [1.54, 1.807) is 0 Å². The van der Waals surface area contributed by atoms with Gasteiger partial charge in [0.1, 0.15) is 11.8 Å². The molecule has 2 unspecified atom stereocenters. The van der Waals surface area contributed by atoms with Gasteiger partial charge < -0.3 is 19.5 Å². The second kappa shape index (κ2) is 10.6. The Morgan fingerprint density at radius 2 is 1.94 bits per heavy atom. The molecule has 0 saturated carbocycles. The number of anilines is 1. The Morgan fingerprint density at radius 3 is 2.69 bits per heavy atom. The van der Waals surface area contributed by atoms with Gasteiger partial charge in [-0.05, 0) is 31.2 Å². The molecule has 36 heavy (non-hydrogen) atoms. The van der Waals surface area contributed by atoms with Gasteiger partial charge in [0, 0.05) is 38.7 Å². The number of benzene rings is 2. The summed E-state index contributed by atoms with van der Waals surface area (Å²) in [7, 11) is 1.96. The zero-order chi connectivity index (χ0) is 25.1. The number of thioether (sulfide) groups is 1. The highest BCUT2D eigenvalue weighted by Crippen LogP contribution is 2.31. The second-order valence-corrected chi connectivity index (χ2v) is 10.6. The maximum Gasteiger partial charge on any atom is 0.424 e. The number of aromatic nitrogens is 2. The molecule has 8 nitrogen and oxygen atoms in total. The van der Waals surface area contributed by atoms with E-state index < -0.39 is 0 Å². The molecule has 0 bridgehead atoms. The van der Waals surface area contributed by atoms with Crippen LogP contribution in [0.1, 0.15) is 19.8 Å². The number of nitrogens with zero attached hydrogens (tertiary/aromatic N) is 4. The molecule has 3 heterocycles. The molecule has 3 atom stereocenters. The number of aryl methyl sites for hydroxylation is 1. The molecule has 1 N–H and O–H groups in total. The first kappa shape index (κ1) is 24.8. The summed E-state index contributed by atoms with van der Waals surface area (Å²) in [4.78, 5) is 34.1. The Bertz CT molecular complexity index is 1230. The third kappa shape index (κ3) is 4.75. The van der Waals surface area contributed by atoms with Crippen molar-refractivity contribution in [2.75, 3.05) is 43.4 Å². The Labute approximate surface area is 216 Å². The van der Waals surface area contributed by atoms with Crippen LogP contribution < -0.4 is 10.2 Å². The molecular formula is C27H34N5O3S+. The van der Waals surface area contributed by atoms with Crippen molar-refractivity contribution in [3.8, 4) is 0 Å². The van der Waals surface area contributed by atoms with Crippen molar-refractivity contribution in [1.82, 2.24) is 14.9 Å². The standard InChI is InChI=1S/C27H33N5O3S/c1-20-9-8-15-32(20,25(33)19-36-26-29-23-12-6-7-13-24(23)30(26)2)27(34)28-17-22-18-31(14-16-35-22)21-10-4-3-5-11-21/h3-7,10-13,20,22H,8-9,14-19H2,1-2H3/p+1/t20-,22?,32?/m1/s1. The van der Waals surface area contributed by atoms with Gasteiger partial charge in [0.15, 0.2) is 5.16 Å². The van der Waals surface area contributed by atoms with Crippen LogP contribution in [0.2, 0.25) is 0 Å². The van der Waals surface area contributed by atoms with Gasteiger partial charge in [-0.25, -0.2) is 14.6 Å². The number of morpholine rings is 1. The molecule has 2 aliphatic heterocycles. The van der Waals surface area contributed by atoms with E-state index in [0.29, 0.717) is 26.2 Å². The van der Waals surface area contributed by atoms with Gasteiger partial charge in [0.05, 0.1) is 36.8 Å². The summed E-state index contributed by atoms with van der Waals surface area (Å²) < 4.78 is 7.80. The van der Waals surface area contributed by atoms with Gasteiger partial charge in [-0.2, -0.15) is 4.48 Å². The van der Waals surface area contributed by atoms with E-state index in [9.17, 15) is 9.59 Å². The molecule has 2 fully saturated rings. The summed E-state index contributed by atoms with van der Waals surface area (Å²) in [6, 6.07) is 17.9. The van der Waals surface area contributed by atoms with E-state index in [-0.39, 0.29) is 34.3 Å². The van der Waals surface area contributed by atoms with Crippen LogP contribution in [0.3, 0.4) is 0 Å². The predicted molar refractivity (Wildman–Crippen MR) is 142 cm³/mol. The van der Waals surface area contributed by atoms with E-state index in [4.69, 9.17) is 4.74 Å². The summed E-state index contributed by atoms with van der Waals surface area (Å²) in [5.41, 5.74) is 3.09. The van der Waals surface area contributed by atoms with Crippen molar-refractivity contribution in [2.45, 2.75) is 37.1 Å². The van der Waals surface area contributed by atoms with E-state index >= 15 is 0 Å². The monoisotopic (exact) mass is 508 g/mol. The molecule has 5 rings (SSSR count). The SMILES string of the molecule is C[C@@H]1CCC[N+]1(C(=O)CSc1nc2ccccc2n1C)C(=O)NCC1CN(c2ccccc2)CCO1. The lowest BCUT2D eigenvalue weighted by atomic mass is 10.2. The number of carbonyl (C=O) groups is 2. The normalized spacial score (nSPS) is 24.2. The molecular weight excluding hydrogens is 474 g/mol. The van der Waals surface area contributed by atoms with Crippen LogP contribution in [0.15, 0.2) is 59.8 Å². The minimum atomic E-state index is -0.212. The summed E-state index contributed by atoms with van der Waals surface area (Å²) in [6.45, 7) is 5.08. The van der Waals surface area contributed by atoms with Crippen LogP contribution in [0.4, 0.5) is 10.5 Å². The molecule has 0 aliphatic carbocycles. The highest BCUT2D eigenvalue weighted by Gasteiger charge is 2.52. The van der Waals surface area contributed by atoms with E-state index in [1.165, 1.54) is 11.8 Å². The van der Waals surface area contributed by atoms with Crippen LogP contribution in [0.25, 0.3) is 11.0 Å². The minimum Gasteiger partial charge on any atom is -0.373 e. The number of rotatable bonds is 6. The second-order valence-electron chi connectivity index (χ2n) is 9.67. The van der Waals surface area contributed by atoms with Gasteiger partial charge in [-0.3, -0.25) is 0 Å². The lowest BCUT2D eigenvalue weighted by Gasteiger charge is -2.36. The van der Waals surface area contributed by atoms with Gasteiger partial charge in [0.2, 0.25) is 0 Å². The number of amides is 3. The number of carbonyl (C=O) groups excluding carboxylic acids is 2. The number of hydrogen-bond acceptors (Lipinski definition) is 6. The maximum absolute atomic E-state index is 13.6. The van der Waals surface area contributed by atoms with Crippen LogP contribution in [0.5, 0.6) is 0 Å². The van der Waals surface area contributed by atoms with Crippen molar-refractivity contribution in [1.29, 1.82) is 0 Å². The Balaban J connectivity index is 1.23. The van der Waals surface area contributed by atoms with Gasteiger partial charge in [0.25, 0.3) is 0 Å². The maximum atomic E-state index is 13.6. The molecule has 2 aliphatic rings. The number of urea groups is 1. The molecule has 2 saturated heterocycles. The third-order valence-corrected chi connectivity index (χ3v) is 8.52. The van der Waals surface area contributed by atoms with E-state index in [0.717, 1.165) is 41.3 Å². The van der Waals surface area contributed by atoms with Crippen molar-refractivity contribution < 1.29 is 18.8 Å². The van der Waals surface area contributed by atoms with Crippen molar-refractivity contribution in [3.63, 3.8) is 0 Å². The summed E-state index contributed by atoms with van der Waals surface area (Å²) in [5, 5.41) is 3.86. The average Bonchev–Trinajstić information content (AvgIpc) is 3.46. The van der Waals surface area contributed by atoms with Crippen molar-refractivity contribution in [3.05, 3.63) is 54.6 Å². The van der Waals surface area contributed by atoms with Gasteiger partial charge in [-0.1, -0.05) is 42.1 Å². The van der Waals surface area contributed by atoms with Crippen LogP contribution in [-0.2, 0) is 16.6 Å². The molecule has 3 aromatic rings. The van der Waals surface area contributed by atoms with Crippen molar-refractivity contribution >= 4 is 40.4 Å². The number of nitrogens with one attached hydrogen (secondary N) is 1. The lowest BCUT2D eigenvalue weighted by molar-refractivity contribution is -0.783. The zero-order valence-electron chi connectivity index (χ0n) is 20.9. The first-order valence-corrected chi connectivity index (χ1v) is 13.6. The van der Waals surface area contributed by atoms with Crippen LogP contribution in [-0.4, -0.2) is 76.7 Å². The third-order valence-electron chi connectivity index (χ3n) is 7.50. The molecule has 190 valence electrons. The summed E-state index contributed by atoms with van der Waals surface area (Å²) in [6.07, 6.45) is 1.60. The Kier molecular flexibility index (Phi) is 7.32. The number of imide groups is 1. The molecule has 2 aromatic carbocycles. The number of imidazole rings is 1. The first-order valence-electron chi connectivity index (χ1n) is 12.6. The Morgan fingerprint density at radius 1 is 1.17 bits per heavy atom. The fourth-order valence-corrected chi connectivity index (χ4v) is 6.35. The smallest absolute Gasteiger partial charge is 0.373 e. The minimum absolute atomic E-state index is 0.0494. The Hall–Kier alpha value is -2.88. The number of quaternary nitrogens is 1. The highest BCUT2D eigenvalue weighted by atomic mass is 32.2. The van der Waals surface area contributed by atoms with Gasteiger partial charge >= 0.3 is 11.9 Å². The number of likely N-dealkylation sites (tertiary alicyclic amines) is 1. The van der Waals surface area contributed by atoms with Gasteiger partial charge in [-0.15, -0.1) is 0 Å². The molecule has 0 spiro atoms. The fraction of sp³-hybridized carbons (Fsp3) is 0.444. The summed E-state index contributed by atoms with van der Waals surface area (Å²) >= 11 is 1.41. The molecule has 3 amide bonds. The number of fused-ring (bicyclic) bond motifs is 1. The van der Waals surface area contributed by atoms with Crippen molar-refractivity contribution in [2.24, 2.45) is 7.05 Å². The lowest BCUT2D eigenvalue weighted by Crippen LogP contribution is -2.64. The number of hydrogen-bond donors (Lipinski definition) is 1. The van der Waals surface area contributed by atoms with E-state index in [2.05, 4.69) is 27.3 Å². The topological polar surface area (TPSA) is 76.5 Å². The van der Waals surface area contributed by atoms with E-state index in [1.807, 2.05) is 61.0 Å². The summed E-state index contributed by atoms with van der Waals surface area (Å²) in [5.74, 6) is 0.140. The average molecular weight is 509 g/mol. The van der Waals surface area contributed by atoms with Crippen LogP contribution >= 0.6 is 11.8 Å². The molecule has 0 radical (unpaired) electrons. The number of para-hydroxylation sites is 3. The van der Waals surface area contributed by atoms with Crippen LogP contribution in [0, 0.1) is 0 Å². The molecule has 1 aromatic heterocycles. The first-order chi connectivity index (χ1) is 17.5. The predicted octanol–water partition coefficient (Wildman–Crippen LogP) is 3.81. The largest absolute Gasteiger partial charge is 0.424 e. The molecule has 9 heteroatoms. The zero-order valence-corrected chi connectivity index (χ0v) is 21.7. The fourth-order valence-electron chi connectivity index (χ4n) is 5.41. The quantitative estimate of drug-likeness (QED) is 0.403. The number of ether oxygens (including phenoxy) is 1.